The molecule has 1 N–H and O–H groups in total. The number of hydrogen-bond donors (Lipinski definition) is 1. The van der Waals surface area contributed by atoms with E-state index < -0.39 is 0 Å². The molecule has 3 rings (SSSR count). The van der Waals surface area contributed by atoms with Crippen molar-refractivity contribution in [2.45, 2.75) is 20.4 Å². The van der Waals surface area contributed by atoms with Gasteiger partial charge in [0.2, 0.25) is 0 Å². The summed E-state index contributed by atoms with van der Waals surface area (Å²) in [6.07, 6.45) is 0. The number of carbonyl (C=O) groups excluding carboxylic acids is 2. The highest BCUT2D eigenvalue weighted by atomic mass is 16.2. The number of nitrogens with zero attached hydrogens (tertiary/aromatic N) is 2. The van der Waals surface area contributed by atoms with Gasteiger partial charge in [0.15, 0.2) is 5.78 Å². The minimum atomic E-state index is -0.288. The zero-order chi connectivity index (χ0) is 18.7. The van der Waals surface area contributed by atoms with Crippen LogP contribution in [-0.2, 0) is 13.6 Å². The summed E-state index contributed by atoms with van der Waals surface area (Å²) in [5.74, 6) is -0.450. The lowest BCUT2D eigenvalue weighted by molar-refractivity contribution is 0.0939. The smallest absolute Gasteiger partial charge is 0.252 e. The fraction of sp³-hybridized carbons (Fsp3) is 0.190. The van der Waals surface area contributed by atoms with Crippen molar-refractivity contribution < 1.29 is 9.59 Å². The van der Waals surface area contributed by atoms with E-state index in [9.17, 15) is 9.59 Å². The van der Waals surface area contributed by atoms with Gasteiger partial charge in [0, 0.05) is 23.9 Å². The number of carbonyl (C=O) groups is 2. The molecule has 0 unspecified atom stereocenters. The number of amides is 1. The minimum Gasteiger partial charge on any atom is -0.346 e. The van der Waals surface area contributed by atoms with Gasteiger partial charge in [-0.15, -0.1) is 0 Å². The maximum absolute atomic E-state index is 12.8. The van der Waals surface area contributed by atoms with Crippen LogP contribution in [-0.4, -0.2) is 21.5 Å². The van der Waals surface area contributed by atoms with Gasteiger partial charge in [-0.05, 0) is 26.0 Å². The Hall–Kier alpha value is -3.21. The Labute approximate surface area is 152 Å². The van der Waals surface area contributed by atoms with Crippen LogP contribution in [0.5, 0.6) is 0 Å². The largest absolute Gasteiger partial charge is 0.346 e. The van der Waals surface area contributed by atoms with Gasteiger partial charge >= 0.3 is 0 Å². The summed E-state index contributed by atoms with van der Waals surface area (Å²) in [5.41, 5.74) is 4.20. The van der Waals surface area contributed by atoms with E-state index in [2.05, 4.69) is 10.4 Å². The van der Waals surface area contributed by atoms with Gasteiger partial charge in [0.05, 0.1) is 17.8 Å². The van der Waals surface area contributed by atoms with Crippen molar-refractivity contribution in [2.24, 2.45) is 7.05 Å². The molecule has 0 saturated heterocycles. The van der Waals surface area contributed by atoms with Crippen LogP contribution in [0.15, 0.2) is 54.6 Å². The van der Waals surface area contributed by atoms with Crippen LogP contribution >= 0.6 is 0 Å². The van der Waals surface area contributed by atoms with Crippen molar-refractivity contribution in [1.82, 2.24) is 15.1 Å². The van der Waals surface area contributed by atoms with Gasteiger partial charge in [0.25, 0.3) is 5.91 Å². The monoisotopic (exact) mass is 347 g/mol. The van der Waals surface area contributed by atoms with Gasteiger partial charge < -0.3 is 5.32 Å². The van der Waals surface area contributed by atoms with Crippen molar-refractivity contribution in [3.63, 3.8) is 0 Å². The molecule has 0 radical (unpaired) electrons. The molecule has 0 bridgehead atoms. The zero-order valence-corrected chi connectivity index (χ0v) is 15.1. The number of rotatable bonds is 5. The van der Waals surface area contributed by atoms with E-state index in [0.29, 0.717) is 23.2 Å². The van der Waals surface area contributed by atoms with E-state index in [1.165, 1.54) is 0 Å². The molecule has 5 nitrogen and oxygen atoms in total. The Morgan fingerprint density at radius 2 is 1.65 bits per heavy atom. The van der Waals surface area contributed by atoms with E-state index >= 15 is 0 Å². The maximum atomic E-state index is 12.8. The van der Waals surface area contributed by atoms with Crippen molar-refractivity contribution >= 4 is 11.7 Å². The van der Waals surface area contributed by atoms with E-state index in [-0.39, 0.29) is 11.7 Å². The summed E-state index contributed by atoms with van der Waals surface area (Å²) in [7, 11) is 1.86. The first-order valence-electron chi connectivity index (χ1n) is 8.44. The third kappa shape index (κ3) is 3.72. The highest BCUT2D eigenvalue weighted by Gasteiger charge is 2.18. The van der Waals surface area contributed by atoms with Gasteiger partial charge in [-0.1, -0.05) is 48.0 Å². The molecule has 26 heavy (non-hydrogen) atoms. The molecule has 132 valence electrons. The summed E-state index contributed by atoms with van der Waals surface area (Å²) >= 11 is 0. The van der Waals surface area contributed by atoms with Crippen molar-refractivity contribution in [1.29, 1.82) is 0 Å². The molecule has 3 aromatic rings. The second-order valence-corrected chi connectivity index (χ2v) is 6.32. The van der Waals surface area contributed by atoms with Gasteiger partial charge in [-0.25, -0.2) is 0 Å². The molecule has 1 amide bonds. The fourth-order valence-corrected chi connectivity index (χ4v) is 2.73. The van der Waals surface area contributed by atoms with Crippen LogP contribution in [0.4, 0.5) is 0 Å². The number of nitrogens with one attached hydrogen (secondary N) is 1. The van der Waals surface area contributed by atoms with Crippen LogP contribution in [0.25, 0.3) is 0 Å². The normalized spacial score (nSPS) is 10.6. The zero-order valence-electron chi connectivity index (χ0n) is 15.1. The summed E-state index contributed by atoms with van der Waals surface area (Å²) < 4.78 is 1.76. The fourth-order valence-electron chi connectivity index (χ4n) is 2.73. The standard InChI is InChI=1S/C21H21N3O2/c1-14-8-10-16(11-9-14)20(25)18-6-4-5-7-19(18)21(26)22-13-17-12-15(2)24(3)23-17/h4-12H,13H2,1-3H3,(H,22,26). The first-order chi connectivity index (χ1) is 12.5. The summed E-state index contributed by atoms with van der Waals surface area (Å²) in [5, 5.41) is 7.17. The average molecular weight is 347 g/mol. The van der Waals surface area contributed by atoms with Gasteiger partial charge in [-0.3, -0.25) is 14.3 Å². The molecule has 0 aliphatic carbocycles. The molecule has 2 aromatic carbocycles. The lowest BCUT2D eigenvalue weighted by atomic mass is 9.97. The van der Waals surface area contributed by atoms with Crippen molar-refractivity contribution in [3.8, 4) is 0 Å². The van der Waals surface area contributed by atoms with Crippen LogP contribution < -0.4 is 5.32 Å². The summed E-state index contributed by atoms with van der Waals surface area (Å²) in [6, 6.07) is 16.1. The highest BCUT2D eigenvalue weighted by Crippen LogP contribution is 2.16. The Kier molecular flexibility index (Phi) is 4.98. The number of ketones is 1. The van der Waals surface area contributed by atoms with Crippen molar-refractivity contribution in [2.75, 3.05) is 0 Å². The molecule has 0 spiro atoms. The van der Waals surface area contributed by atoms with Crippen LogP contribution in [0.2, 0.25) is 0 Å². The Morgan fingerprint density at radius 1 is 1.00 bits per heavy atom. The first kappa shape index (κ1) is 17.6. The Balaban J connectivity index is 1.80. The van der Waals surface area contributed by atoms with E-state index in [1.807, 2.05) is 39.1 Å². The van der Waals surface area contributed by atoms with E-state index in [0.717, 1.165) is 17.0 Å². The number of aromatic nitrogens is 2. The highest BCUT2D eigenvalue weighted by molar-refractivity contribution is 6.15. The first-order valence-corrected chi connectivity index (χ1v) is 8.44. The SMILES string of the molecule is Cc1ccc(C(=O)c2ccccc2C(=O)NCc2cc(C)n(C)n2)cc1. The quantitative estimate of drug-likeness (QED) is 0.721. The van der Waals surface area contributed by atoms with E-state index in [4.69, 9.17) is 0 Å². The molecular formula is C21H21N3O2. The summed E-state index contributed by atoms with van der Waals surface area (Å²) in [6.45, 7) is 4.23. The van der Waals surface area contributed by atoms with Crippen LogP contribution in [0, 0.1) is 13.8 Å². The second-order valence-electron chi connectivity index (χ2n) is 6.32. The van der Waals surface area contributed by atoms with Crippen molar-refractivity contribution in [3.05, 3.63) is 88.2 Å². The molecule has 0 aliphatic heterocycles. The number of benzene rings is 2. The Bertz CT molecular complexity index is 936. The lowest BCUT2D eigenvalue weighted by Gasteiger charge is -2.09. The number of aryl methyl sites for hydroxylation is 3. The molecular weight excluding hydrogens is 326 g/mol. The average Bonchev–Trinajstić information content (AvgIpc) is 2.97. The minimum absolute atomic E-state index is 0.163. The summed E-state index contributed by atoms with van der Waals surface area (Å²) in [4.78, 5) is 25.4. The third-order valence-corrected chi connectivity index (χ3v) is 4.32. The van der Waals surface area contributed by atoms with Crippen LogP contribution in [0.1, 0.15) is 43.2 Å². The third-order valence-electron chi connectivity index (χ3n) is 4.32. The van der Waals surface area contributed by atoms with E-state index in [1.54, 1.807) is 41.1 Å². The second kappa shape index (κ2) is 7.35. The molecule has 0 aliphatic rings. The predicted molar refractivity (Wildman–Crippen MR) is 100 cm³/mol. The van der Waals surface area contributed by atoms with Gasteiger partial charge in [0.1, 0.15) is 0 Å². The molecule has 5 heteroatoms. The van der Waals surface area contributed by atoms with Crippen LogP contribution in [0.3, 0.4) is 0 Å². The lowest BCUT2D eigenvalue weighted by Crippen LogP contribution is -2.25. The molecule has 0 saturated carbocycles. The predicted octanol–water partition coefficient (Wildman–Crippen LogP) is 3.20. The molecule has 0 fully saturated rings. The maximum Gasteiger partial charge on any atom is 0.252 e. The Morgan fingerprint density at radius 3 is 2.27 bits per heavy atom. The molecule has 0 atom stereocenters. The number of hydrogen-bond acceptors (Lipinski definition) is 3. The molecule has 1 heterocycles. The molecule has 1 aromatic heterocycles. The van der Waals surface area contributed by atoms with Gasteiger partial charge in [-0.2, -0.15) is 5.10 Å². The topological polar surface area (TPSA) is 64.0 Å².